The van der Waals surface area contributed by atoms with Crippen molar-refractivity contribution in [1.82, 2.24) is 0 Å². The summed E-state index contributed by atoms with van der Waals surface area (Å²) in [6, 6.07) is 5.22. The fourth-order valence-electron chi connectivity index (χ4n) is 2.82. The molecule has 1 fully saturated rings. The van der Waals surface area contributed by atoms with Crippen LogP contribution in [-0.4, -0.2) is 10.9 Å². The zero-order chi connectivity index (χ0) is 14.8. The monoisotopic (exact) mass is 310 g/mol. The largest absolute Gasteiger partial charge is 0.389 e. The molecule has 0 spiro atoms. The van der Waals surface area contributed by atoms with E-state index in [1.165, 1.54) is 0 Å². The predicted molar refractivity (Wildman–Crippen MR) is 87.2 cm³/mol. The Morgan fingerprint density at radius 1 is 1.45 bits per heavy atom. The lowest BCUT2D eigenvalue weighted by Crippen LogP contribution is -2.33. The second-order valence-corrected chi connectivity index (χ2v) is 6.20. The summed E-state index contributed by atoms with van der Waals surface area (Å²) in [4.78, 5) is 12.8. The number of carbonyl (C=O) groups excluding carboxylic acids is 1. The molecule has 1 aromatic rings. The van der Waals surface area contributed by atoms with Gasteiger partial charge in [0.15, 0.2) is 0 Å². The molecule has 0 saturated heterocycles. The first-order valence-electron chi connectivity index (χ1n) is 6.89. The lowest BCUT2D eigenvalue weighted by atomic mass is 9.82. The number of rotatable bonds is 4. The number of carbonyl (C=O) groups is 1. The summed E-state index contributed by atoms with van der Waals surface area (Å²) in [5, 5.41) is 3.42. The molecule has 0 aromatic heterocycles. The van der Waals surface area contributed by atoms with E-state index < -0.39 is 0 Å². The third-order valence-electron chi connectivity index (χ3n) is 4.22. The van der Waals surface area contributed by atoms with Crippen molar-refractivity contribution in [3.63, 3.8) is 0 Å². The second kappa shape index (κ2) is 6.10. The maximum Gasteiger partial charge on any atom is 0.230 e. The average molecular weight is 311 g/mol. The summed E-state index contributed by atoms with van der Waals surface area (Å²) in [6.07, 6.45) is 5.02. The summed E-state index contributed by atoms with van der Waals surface area (Å²) >= 11 is 11.1. The number of nitrogens with one attached hydrogen (secondary N) is 1. The molecule has 2 rings (SSSR count). The van der Waals surface area contributed by atoms with E-state index in [-0.39, 0.29) is 11.3 Å². The zero-order valence-corrected chi connectivity index (χ0v) is 13.1. The molecule has 0 aliphatic heterocycles. The summed E-state index contributed by atoms with van der Waals surface area (Å²) in [5.74, 6) is 0.0717. The van der Waals surface area contributed by atoms with Crippen LogP contribution in [0.4, 0.5) is 5.69 Å². The van der Waals surface area contributed by atoms with Crippen LogP contribution in [0.15, 0.2) is 18.2 Å². The Hall–Kier alpha value is -1.13. The summed E-state index contributed by atoms with van der Waals surface area (Å²) in [7, 11) is 0. The molecule has 0 atom stereocenters. The Balaban J connectivity index is 2.17. The lowest BCUT2D eigenvalue weighted by Gasteiger charge is -2.26. The van der Waals surface area contributed by atoms with Crippen LogP contribution in [0.1, 0.15) is 44.6 Å². The van der Waals surface area contributed by atoms with Crippen molar-refractivity contribution in [2.75, 3.05) is 5.32 Å². The molecule has 1 aliphatic rings. The minimum Gasteiger partial charge on any atom is -0.389 e. The smallest absolute Gasteiger partial charge is 0.230 e. The van der Waals surface area contributed by atoms with E-state index in [0.29, 0.717) is 21.3 Å². The van der Waals surface area contributed by atoms with Crippen LogP contribution >= 0.6 is 23.8 Å². The van der Waals surface area contributed by atoms with Crippen LogP contribution in [-0.2, 0) is 4.79 Å². The number of thiocarbonyl (C=S) groups is 1. The highest BCUT2D eigenvalue weighted by Gasteiger charge is 2.39. The van der Waals surface area contributed by atoms with Crippen LogP contribution in [0.25, 0.3) is 0 Å². The van der Waals surface area contributed by atoms with E-state index in [0.717, 1.165) is 32.1 Å². The van der Waals surface area contributed by atoms with E-state index in [1.807, 2.05) is 0 Å². The van der Waals surface area contributed by atoms with E-state index in [2.05, 4.69) is 12.2 Å². The zero-order valence-electron chi connectivity index (χ0n) is 11.5. The van der Waals surface area contributed by atoms with Crippen molar-refractivity contribution >= 4 is 40.4 Å². The molecule has 0 bridgehead atoms. The van der Waals surface area contributed by atoms with Crippen LogP contribution in [0.2, 0.25) is 5.02 Å². The number of halogens is 1. The lowest BCUT2D eigenvalue weighted by molar-refractivity contribution is -0.125. The van der Waals surface area contributed by atoms with Gasteiger partial charge in [-0.1, -0.05) is 43.6 Å². The molecule has 3 nitrogen and oxygen atoms in total. The summed E-state index contributed by atoms with van der Waals surface area (Å²) in [5.41, 5.74) is 6.66. The third-order valence-corrected chi connectivity index (χ3v) is 4.77. The van der Waals surface area contributed by atoms with Gasteiger partial charge in [0, 0.05) is 11.0 Å². The van der Waals surface area contributed by atoms with Gasteiger partial charge in [0.05, 0.1) is 10.7 Å². The van der Waals surface area contributed by atoms with Gasteiger partial charge in [0.2, 0.25) is 5.91 Å². The first kappa shape index (κ1) is 15.3. The number of nitrogens with two attached hydrogens (primary N) is 1. The average Bonchev–Trinajstić information content (AvgIpc) is 2.90. The maximum absolute atomic E-state index is 12.5. The Morgan fingerprint density at radius 3 is 2.60 bits per heavy atom. The van der Waals surface area contributed by atoms with Gasteiger partial charge < -0.3 is 11.1 Å². The van der Waals surface area contributed by atoms with Crippen molar-refractivity contribution in [2.45, 2.75) is 39.0 Å². The minimum atomic E-state index is -0.231. The normalized spacial score (nSPS) is 16.9. The maximum atomic E-state index is 12.5. The van der Waals surface area contributed by atoms with Gasteiger partial charge in [-0.2, -0.15) is 0 Å². The summed E-state index contributed by atoms with van der Waals surface area (Å²) in [6.45, 7) is 2.07. The molecule has 20 heavy (non-hydrogen) atoms. The van der Waals surface area contributed by atoms with Gasteiger partial charge in [-0.3, -0.25) is 4.79 Å². The first-order valence-corrected chi connectivity index (χ1v) is 7.68. The second-order valence-electron chi connectivity index (χ2n) is 5.35. The molecule has 108 valence electrons. The molecule has 1 amide bonds. The third kappa shape index (κ3) is 2.96. The summed E-state index contributed by atoms with van der Waals surface area (Å²) < 4.78 is 0. The number of hydrogen-bond donors (Lipinski definition) is 2. The van der Waals surface area contributed by atoms with E-state index in [9.17, 15) is 4.79 Å². The van der Waals surface area contributed by atoms with Crippen molar-refractivity contribution in [3.05, 3.63) is 28.8 Å². The van der Waals surface area contributed by atoms with Crippen molar-refractivity contribution in [3.8, 4) is 0 Å². The highest BCUT2D eigenvalue weighted by molar-refractivity contribution is 7.80. The molecule has 0 radical (unpaired) electrons. The van der Waals surface area contributed by atoms with Crippen molar-refractivity contribution < 1.29 is 4.79 Å². The Morgan fingerprint density at radius 2 is 2.10 bits per heavy atom. The fraction of sp³-hybridized carbons (Fsp3) is 0.467. The topological polar surface area (TPSA) is 55.1 Å². The highest BCUT2D eigenvalue weighted by atomic mass is 35.5. The van der Waals surface area contributed by atoms with Gasteiger partial charge in [-0.15, -0.1) is 0 Å². The van der Waals surface area contributed by atoms with Crippen LogP contribution in [0.5, 0.6) is 0 Å². The standard InChI is InChI=1S/C15H19ClN2OS/c1-2-15(7-3-4-8-15)14(19)18-12-6-5-10(13(17)20)9-11(12)16/h5-6,9H,2-4,7-8H2,1H3,(H2,17,20)(H,18,19). The molecular formula is C15H19ClN2OS. The van der Waals surface area contributed by atoms with Crippen molar-refractivity contribution in [2.24, 2.45) is 11.1 Å². The molecule has 5 heteroatoms. The molecule has 1 aliphatic carbocycles. The van der Waals surface area contributed by atoms with Gasteiger partial charge in [0.1, 0.15) is 4.99 Å². The SMILES string of the molecule is CCC1(C(=O)Nc2ccc(C(N)=S)cc2Cl)CCCC1. The number of benzene rings is 1. The van der Waals surface area contributed by atoms with Gasteiger partial charge in [-0.25, -0.2) is 0 Å². The fourth-order valence-corrected chi connectivity index (χ4v) is 3.17. The minimum absolute atomic E-state index is 0.0717. The number of anilines is 1. The van der Waals surface area contributed by atoms with Crippen LogP contribution in [0, 0.1) is 5.41 Å². The molecule has 1 saturated carbocycles. The van der Waals surface area contributed by atoms with Crippen LogP contribution < -0.4 is 11.1 Å². The predicted octanol–water partition coefficient (Wildman–Crippen LogP) is 3.88. The number of amides is 1. The van der Waals surface area contributed by atoms with Gasteiger partial charge >= 0.3 is 0 Å². The van der Waals surface area contributed by atoms with Crippen molar-refractivity contribution in [1.29, 1.82) is 0 Å². The van der Waals surface area contributed by atoms with E-state index in [4.69, 9.17) is 29.6 Å². The Labute approximate surface area is 129 Å². The van der Waals surface area contributed by atoms with E-state index >= 15 is 0 Å². The molecule has 0 heterocycles. The Bertz CT molecular complexity index is 539. The molecule has 3 N–H and O–H groups in total. The number of hydrogen-bond acceptors (Lipinski definition) is 2. The van der Waals surface area contributed by atoms with Crippen LogP contribution in [0.3, 0.4) is 0 Å². The van der Waals surface area contributed by atoms with Gasteiger partial charge in [-0.05, 0) is 37.5 Å². The molecule has 1 aromatic carbocycles. The highest BCUT2D eigenvalue weighted by Crippen LogP contribution is 2.42. The molecular weight excluding hydrogens is 292 g/mol. The Kier molecular flexibility index (Phi) is 4.66. The quantitative estimate of drug-likeness (QED) is 0.830. The van der Waals surface area contributed by atoms with E-state index in [1.54, 1.807) is 18.2 Å². The molecule has 0 unspecified atom stereocenters. The first-order chi connectivity index (χ1) is 9.48. The van der Waals surface area contributed by atoms with Gasteiger partial charge in [0.25, 0.3) is 0 Å².